The third-order valence-electron chi connectivity index (χ3n) is 3.99. The van der Waals surface area contributed by atoms with Gasteiger partial charge in [-0.3, -0.25) is 0 Å². The Bertz CT molecular complexity index is 436. The third-order valence-corrected chi connectivity index (χ3v) is 3.99. The summed E-state index contributed by atoms with van der Waals surface area (Å²) in [4.78, 5) is 2.33. The lowest BCUT2D eigenvalue weighted by molar-refractivity contribution is -0.0372. The molecule has 4 nitrogen and oxygen atoms in total. The van der Waals surface area contributed by atoms with Crippen LogP contribution in [0.1, 0.15) is 11.1 Å². The van der Waals surface area contributed by atoms with Crippen molar-refractivity contribution in [3.63, 3.8) is 0 Å². The van der Waals surface area contributed by atoms with Gasteiger partial charge in [-0.05, 0) is 39.1 Å². The molecule has 1 N–H and O–H groups in total. The molecule has 20 heavy (non-hydrogen) atoms. The Labute approximate surface area is 122 Å². The zero-order valence-electron chi connectivity index (χ0n) is 13.0. The number of hydrogen-bond donors (Lipinski definition) is 1. The van der Waals surface area contributed by atoms with Crippen LogP contribution in [0.4, 0.5) is 0 Å². The smallest absolute Gasteiger partial charge is 0.122 e. The number of hydrogen-bond acceptors (Lipinski definition) is 4. The van der Waals surface area contributed by atoms with E-state index in [2.05, 4.69) is 36.3 Å². The second kappa shape index (κ2) is 7.07. The molecule has 2 unspecified atom stereocenters. The van der Waals surface area contributed by atoms with Gasteiger partial charge in [0.15, 0.2) is 0 Å². The number of rotatable bonds is 5. The quantitative estimate of drug-likeness (QED) is 0.884. The largest absolute Gasteiger partial charge is 0.496 e. The topological polar surface area (TPSA) is 33.7 Å². The van der Waals surface area contributed by atoms with Crippen molar-refractivity contribution < 1.29 is 9.47 Å². The number of aryl methyl sites for hydroxylation is 1. The van der Waals surface area contributed by atoms with Crippen molar-refractivity contribution in [3.8, 4) is 5.75 Å². The van der Waals surface area contributed by atoms with E-state index in [1.807, 2.05) is 13.1 Å². The molecule has 0 bridgehead atoms. The van der Waals surface area contributed by atoms with Crippen molar-refractivity contribution in [2.75, 3.05) is 40.9 Å². The molecule has 2 atom stereocenters. The van der Waals surface area contributed by atoms with Crippen molar-refractivity contribution in [1.29, 1.82) is 0 Å². The first kappa shape index (κ1) is 15.3. The van der Waals surface area contributed by atoms with Gasteiger partial charge < -0.3 is 19.7 Å². The highest BCUT2D eigenvalue weighted by Crippen LogP contribution is 2.23. The molecule has 1 aromatic carbocycles. The molecule has 4 heteroatoms. The molecule has 2 rings (SSSR count). The Morgan fingerprint density at radius 3 is 2.95 bits per heavy atom. The van der Waals surface area contributed by atoms with Gasteiger partial charge in [-0.15, -0.1) is 0 Å². The molecular weight excluding hydrogens is 252 g/mol. The van der Waals surface area contributed by atoms with E-state index in [-0.39, 0.29) is 6.10 Å². The van der Waals surface area contributed by atoms with Crippen LogP contribution in [0.3, 0.4) is 0 Å². The average Bonchev–Trinajstić information content (AvgIpc) is 2.45. The Morgan fingerprint density at radius 1 is 1.50 bits per heavy atom. The highest BCUT2D eigenvalue weighted by atomic mass is 16.5. The molecule has 0 aliphatic carbocycles. The predicted octanol–water partition coefficient (Wildman–Crippen LogP) is 1.46. The lowest BCUT2D eigenvalue weighted by Crippen LogP contribution is -2.51. The summed E-state index contributed by atoms with van der Waals surface area (Å²) in [5.74, 6) is 0.958. The second-order valence-corrected chi connectivity index (χ2v) is 5.59. The lowest BCUT2D eigenvalue weighted by atomic mass is 9.98. The van der Waals surface area contributed by atoms with E-state index in [4.69, 9.17) is 9.47 Å². The number of methoxy groups -OCH3 is 1. The van der Waals surface area contributed by atoms with Crippen molar-refractivity contribution >= 4 is 0 Å². The van der Waals surface area contributed by atoms with Crippen LogP contribution in [0, 0.1) is 6.92 Å². The number of benzene rings is 1. The number of ether oxygens (including phenoxy) is 2. The minimum Gasteiger partial charge on any atom is -0.496 e. The van der Waals surface area contributed by atoms with E-state index < -0.39 is 0 Å². The molecule has 1 fully saturated rings. The monoisotopic (exact) mass is 278 g/mol. The fraction of sp³-hybridized carbons (Fsp3) is 0.625. The fourth-order valence-electron chi connectivity index (χ4n) is 2.78. The summed E-state index contributed by atoms with van der Waals surface area (Å²) in [6.07, 6.45) is 1.14. The van der Waals surface area contributed by atoms with Gasteiger partial charge in [0.1, 0.15) is 5.75 Å². The molecular formula is C16H26N2O2. The summed E-state index contributed by atoms with van der Waals surface area (Å²) >= 11 is 0. The average molecular weight is 278 g/mol. The third kappa shape index (κ3) is 3.72. The Morgan fingerprint density at radius 2 is 2.30 bits per heavy atom. The van der Waals surface area contributed by atoms with Gasteiger partial charge in [0.05, 0.1) is 19.8 Å². The summed E-state index contributed by atoms with van der Waals surface area (Å²) in [5, 5.41) is 3.40. The molecule has 0 amide bonds. The maximum atomic E-state index is 5.93. The number of morpholine rings is 1. The molecule has 1 aliphatic heterocycles. The van der Waals surface area contributed by atoms with Gasteiger partial charge in [-0.1, -0.05) is 17.7 Å². The highest BCUT2D eigenvalue weighted by Gasteiger charge is 2.26. The fourth-order valence-corrected chi connectivity index (χ4v) is 2.78. The SMILES string of the molecule is CNC(Cc1cc(C)ccc1OC)C1CN(C)CCO1. The van der Waals surface area contributed by atoms with E-state index in [9.17, 15) is 0 Å². The van der Waals surface area contributed by atoms with Crippen LogP contribution in [-0.4, -0.2) is 57.9 Å². The number of nitrogens with one attached hydrogen (secondary N) is 1. The van der Waals surface area contributed by atoms with Gasteiger partial charge in [-0.2, -0.15) is 0 Å². The highest BCUT2D eigenvalue weighted by molar-refractivity contribution is 5.37. The van der Waals surface area contributed by atoms with Crippen molar-refractivity contribution in [2.45, 2.75) is 25.5 Å². The van der Waals surface area contributed by atoms with Crippen LogP contribution in [0.15, 0.2) is 18.2 Å². The van der Waals surface area contributed by atoms with E-state index in [0.717, 1.165) is 31.9 Å². The van der Waals surface area contributed by atoms with Crippen LogP contribution in [0.5, 0.6) is 5.75 Å². The van der Waals surface area contributed by atoms with E-state index in [0.29, 0.717) is 6.04 Å². The standard InChI is InChI=1S/C16H26N2O2/c1-12-5-6-15(19-4)13(9-12)10-14(17-2)16-11-18(3)7-8-20-16/h5-6,9,14,16-17H,7-8,10-11H2,1-4H3. The van der Waals surface area contributed by atoms with Crippen LogP contribution in [0.25, 0.3) is 0 Å². The van der Waals surface area contributed by atoms with E-state index in [1.54, 1.807) is 7.11 Å². The normalized spacial score (nSPS) is 21.7. The van der Waals surface area contributed by atoms with Crippen LogP contribution >= 0.6 is 0 Å². The van der Waals surface area contributed by atoms with Gasteiger partial charge in [0, 0.05) is 19.1 Å². The molecule has 1 aliphatic rings. The zero-order chi connectivity index (χ0) is 14.5. The molecule has 1 aromatic rings. The zero-order valence-corrected chi connectivity index (χ0v) is 13.0. The van der Waals surface area contributed by atoms with Crippen LogP contribution < -0.4 is 10.1 Å². The first-order chi connectivity index (χ1) is 9.63. The van der Waals surface area contributed by atoms with Gasteiger partial charge in [-0.25, -0.2) is 0 Å². The minimum absolute atomic E-state index is 0.226. The first-order valence-corrected chi connectivity index (χ1v) is 7.25. The first-order valence-electron chi connectivity index (χ1n) is 7.25. The Balaban J connectivity index is 2.11. The molecule has 0 radical (unpaired) electrons. The van der Waals surface area contributed by atoms with Gasteiger partial charge >= 0.3 is 0 Å². The summed E-state index contributed by atoms with van der Waals surface area (Å²) in [5.41, 5.74) is 2.50. The molecule has 1 saturated heterocycles. The van der Waals surface area contributed by atoms with Gasteiger partial charge in [0.2, 0.25) is 0 Å². The molecule has 1 heterocycles. The molecule has 112 valence electrons. The number of nitrogens with zero attached hydrogens (tertiary/aromatic N) is 1. The van der Waals surface area contributed by atoms with Gasteiger partial charge in [0.25, 0.3) is 0 Å². The maximum Gasteiger partial charge on any atom is 0.122 e. The van der Waals surface area contributed by atoms with E-state index >= 15 is 0 Å². The van der Waals surface area contributed by atoms with Crippen molar-refractivity contribution in [1.82, 2.24) is 10.2 Å². The second-order valence-electron chi connectivity index (χ2n) is 5.59. The lowest BCUT2D eigenvalue weighted by Gasteiger charge is -2.35. The summed E-state index contributed by atoms with van der Waals surface area (Å²) in [6, 6.07) is 6.64. The van der Waals surface area contributed by atoms with E-state index in [1.165, 1.54) is 11.1 Å². The van der Waals surface area contributed by atoms with Crippen LogP contribution in [-0.2, 0) is 11.2 Å². The summed E-state index contributed by atoms with van der Waals surface area (Å²) < 4.78 is 11.4. The minimum atomic E-state index is 0.226. The van der Waals surface area contributed by atoms with Crippen LogP contribution in [0.2, 0.25) is 0 Å². The summed E-state index contributed by atoms with van der Waals surface area (Å²) in [6.45, 7) is 4.91. The maximum absolute atomic E-state index is 5.93. The predicted molar refractivity (Wildman–Crippen MR) is 81.5 cm³/mol. The molecule has 0 spiro atoms. The molecule has 0 aromatic heterocycles. The summed E-state index contributed by atoms with van der Waals surface area (Å²) in [7, 11) is 5.88. The van der Waals surface area contributed by atoms with Crippen molar-refractivity contribution in [2.24, 2.45) is 0 Å². The van der Waals surface area contributed by atoms with Crippen molar-refractivity contribution in [3.05, 3.63) is 29.3 Å². The Hall–Kier alpha value is -1.10. The number of likely N-dealkylation sites (N-methyl/N-ethyl adjacent to an activating group) is 2. The Kier molecular flexibility index (Phi) is 5.40. The molecule has 0 saturated carbocycles.